The Kier molecular flexibility index (Phi) is 5.90. The van der Waals surface area contributed by atoms with Crippen molar-refractivity contribution in [3.63, 3.8) is 0 Å². The maximum atomic E-state index is 12.7. The van der Waals surface area contributed by atoms with Gasteiger partial charge < -0.3 is 5.32 Å². The minimum absolute atomic E-state index is 0.0178. The third-order valence-corrected chi connectivity index (χ3v) is 4.01. The Morgan fingerprint density at radius 2 is 1.65 bits per heavy atom. The van der Waals surface area contributed by atoms with Gasteiger partial charge in [-0.25, -0.2) is 0 Å². The first-order chi connectivity index (χ1) is 12.1. The van der Waals surface area contributed by atoms with Crippen molar-refractivity contribution in [3.05, 3.63) is 63.6 Å². The fraction of sp³-hybridized carbons (Fsp3) is 0.118. The molecule has 1 amide bonds. The van der Waals surface area contributed by atoms with Crippen molar-refractivity contribution in [2.24, 2.45) is 0 Å². The normalized spacial score (nSPS) is 12.2. The average molecular weight is 401 g/mol. The number of carbonyl (C=O) groups excluding carboxylic acids is 2. The molecule has 134 valence electrons. The molecule has 0 aromatic heterocycles. The topological polar surface area (TPSA) is 70.0 Å². The average Bonchev–Trinajstić information content (AvgIpc) is 2.57. The summed E-state index contributed by atoms with van der Waals surface area (Å²) in [4.78, 5) is 24.4. The quantitative estimate of drug-likeness (QED) is 0.747. The van der Waals surface area contributed by atoms with Crippen LogP contribution in [-0.2, 0) is 15.8 Å². The molecular formula is C17H9Cl2F3N2O2. The number of rotatable bonds is 4. The fourth-order valence-electron chi connectivity index (χ4n) is 2.14. The van der Waals surface area contributed by atoms with E-state index in [1.165, 1.54) is 24.3 Å². The maximum absolute atomic E-state index is 12.7. The number of Topliss-reactive ketones (excluding diaryl/α,β-unsaturated/α-hetero) is 1. The number of nitriles is 1. The Hall–Kier alpha value is -2.56. The van der Waals surface area contributed by atoms with E-state index in [9.17, 15) is 28.0 Å². The molecule has 2 aromatic rings. The first-order valence-electron chi connectivity index (χ1n) is 7.01. The van der Waals surface area contributed by atoms with Crippen LogP contribution < -0.4 is 5.32 Å². The minimum Gasteiger partial charge on any atom is -0.319 e. The highest BCUT2D eigenvalue weighted by atomic mass is 35.5. The molecule has 0 radical (unpaired) electrons. The van der Waals surface area contributed by atoms with E-state index in [4.69, 9.17) is 23.2 Å². The Labute approximate surface area is 156 Å². The summed E-state index contributed by atoms with van der Waals surface area (Å²) in [6.45, 7) is 0. The van der Waals surface area contributed by atoms with Crippen molar-refractivity contribution in [2.75, 3.05) is 5.32 Å². The third kappa shape index (κ3) is 4.34. The lowest BCUT2D eigenvalue weighted by molar-refractivity contribution is -0.137. The summed E-state index contributed by atoms with van der Waals surface area (Å²) in [5.41, 5.74) is -1.27. The number of nitrogens with zero attached hydrogens (tertiary/aromatic N) is 1. The van der Waals surface area contributed by atoms with Gasteiger partial charge in [0.1, 0.15) is 5.92 Å². The van der Waals surface area contributed by atoms with Gasteiger partial charge in [-0.15, -0.1) is 0 Å². The molecule has 0 spiro atoms. The van der Waals surface area contributed by atoms with Crippen LogP contribution in [0.2, 0.25) is 10.0 Å². The fourth-order valence-corrected chi connectivity index (χ4v) is 2.75. The minimum atomic E-state index is -4.61. The van der Waals surface area contributed by atoms with E-state index in [1.54, 1.807) is 6.07 Å². The number of nitrogens with one attached hydrogen (secondary N) is 1. The Morgan fingerprint density at radius 3 is 2.19 bits per heavy atom. The molecular weight excluding hydrogens is 392 g/mol. The number of hydrogen-bond acceptors (Lipinski definition) is 3. The molecule has 1 atom stereocenters. The van der Waals surface area contributed by atoms with Gasteiger partial charge in [0.05, 0.1) is 11.6 Å². The summed E-state index contributed by atoms with van der Waals surface area (Å²) in [5.74, 6) is -4.05. The third-order valence-electron chi connectivity index (χ3n) is 3.35. The van der Waals surface area contributed by atoms with E-state index in [0.29, 0.717) is 6.07 Å². The van der Waals surface area contributed by atoms with Crippen LogP contribution in [0.25, 0.3) is 0 Å². The smallest absolute Gasteiger partial charge is 0.319 e. The molecule has 0 aliphatic rings. The Balaban J connectivity index is 2.27. The summed E-state index contributed by atoms with van der Waals surface area (Å²) in [6.07, 6.45) is -4.61. The maximum Gasteiger partial charge on any atom is 0.416 e. The lowest BCUT2D eigenvalue weighted by atomic mass is 9.95. The standard InChI is InChI=1S/C17H9Cl2F3N2O2/c18-12-5-2-6-13(19)14(12)11(8-23)15(25)16(26)24-10-4-1-3-9(7-10)17(20,21)22/h1-7,11H,(H,24,26). The summed E-state index contributed by atoms with van der Waals surface area (Å²) in [5, 5.41) is 11.3. The summed E-state index contributed by atoms with van der Waals surface area (Å²) < 4.78 is 38.1. The molecule has 2 aromatic carbocycles. The highest BCUT2D eigenvalue weighted by molar-refractivity contribution is 6.44. The zero-order chi connectivity index (χ0) is 19.5. The van der Waals surface area contributed by atoms with Crippen LogP contribution in [-0.4, -0.2) is 11.7 Å². The van der Waals surface area contributed by atoms with Gasteiger partial charge in [-0.05, 0) is 30.3 Å². The molecule has 0 saturated heterocycles. The van der Waals surface area contributed by atoms with Gasteiger partial charge in [-0.3, -0.25) is 9.59 Å². The van der Waals surface area contributed by atoms with Crippen LogP contribution in [0, 0.1) is 11.3 Å². The SMILES string of the molecule is N#CC(C(=O)C(=O)Nc1cccc(C(F)(F)F)c1)c1c(Cl)cccc1Cl. The molecule has 0 heterocycles. The second-order valence-corrected chi connectivity index (χ2v) is 5.91. The molecule has 9 heteroatoms. The first-order valence-corrected chi connectivity index (χ1v) is 7.76. The van der Waals surface area contributed by atoms with Crippen molar-refractivity contribution in [1.29, 1.82) is 5.26 Å². The van der Waals surface area contributed by atoms with E-state index in [1.807, 2.05) is 0 Å². The van der Waals surface area contributed by atoms with Crippen LogP contribution >= 0.6 is 23.2 Å². The van der Waals surface area contributed by atoms with Gasteiger partial charge >= 0.3 is 6.18 Å². The van der Waals surface area contributed by atoms with Crippen molar-refractivity contribution >= 4 is 40.6 Å². The number of ketones is 1. The van der Waals surface area contributed by atoms with E-state index in [0.717, 1.165) is 12.1 Å². The highest BCUT2D eigenvalue weighted by Crippen LogP contribution is 2.33. The number of benzene rings is 2. The second kappa shape index (κ2) is 7.77. The number of carbonyl (C=O) groups is 2. The van der Waals surface area contributed by atoms with Crippen LogP contribution in [0.5, 0.6) is 0 Å². The number of anilines is 1. The molecule has 1 unspecified atom stereocenters. The van der Waals surface area contributed by atoms with Gasteiger partial charge in [0.25, 0.3) is 5.91 Å². The second-order valence-electron chi connectivity index (χ2n) is 5.09. The largest absolute Gasteiger partial charge is 0.416 e. The lowest BCUT2D eigenvalue weighted by Crippen LogP contribution is -2.28. The Morgan fingerprint density at radius 1 is 1.08 bits per heavy atom. The molecule has 0 aliphatic heterocycles. The van der Waals surface area contributed by atoms with E-state index in [-0.39, 0.29) is 21.3 Å². The lowest BCUT2D eigenvalue weighted by Gasteiger charge is -2.13. The number of halogens is 5. The highest BCUT2D eigenvalue weighted by Gasteiger charge is 2.32. The van der Waals surface area contributed by atoms with Crippen LogP contribution in [0.3, 0.4) is 0 Å². The molecule has 26 heavy (non-hydrogen) atoms. The van der Waals surface area contributed by atoms with Gasteiger partial charge in [0, 0.05) is 21.3 Å². The van der Waals surface area contributed by atoms with Crippen molar-refractivity contribution < 1.29 is 22.8 Å². The predicted octanol–water partition coefficient (Wildman–Crippen LogP) is 4.83. The van der Waals surface area contributed by atoms with Gasteiger partial charge in [-0.1, -0.05) is 35.3 Å². The number of hydrogen-bond donors (Lipinski definition) is 1. The van der Waals surface area contributed by atoms with Crippen molar-refractivity contribution in [1.82, 2.24) is 0 Å². The van der Waals surface area contributed by atoms with Gasteiger partial charge in [-0.2, -0.15) is 18.4 Å². The molecule has 1 N–H and O–H groups in total. The zero-order valence-corrected chi connectivity index (χ0v) is 14.3. The predicted molar refractivity (Wildman–Crippen MR) is 89.9 cm³/mol. The van der Waals surface area contributed by atoms with Crippen molar-refractivity contribution in [2.45, 2.75) is 12.1 Å². The number of alkyl halides is 3. The molecule has 2 rings (SSSR count). The molecule has 0 aliphatic carbocycles. The van der Waals surface area contributed by atoms with Gasteiger partial charge in [0.15, 0.2) is 0 Å². The van der Waals surface area contributed by atoms with E-state index in [2.05, 4.69) is 5.32 Å². The van der Waals surface area contributed by atoms with Crippen LogP contribution in [0.4, 0.5) is 18.9 Å². The Bertz CT molecular complexity index is 887. The molecule has 0 bridgehead atoms. The molecule has 0 fully saturated rings. The summed E-state index contributed by atoms with van der Waals surface area (Å²) in [6, 6.07) is 9.68. The molecule has 4 nitrogen and oxygen atoms in total. The summed E-state index contributed by atoms with van der Waals surface area (Å²) >= 11 is 11.9. The van der Waals surface area contributed by atoms with Gasteiger partial charge in [0.2, 0.25) is 5.78 Å². The van der Waals surface area contributed by atoms with Crippen LogP contribution in [0.1, 0.15) is 17.0 Å². The zero-order valence-electron chi connectivity index (χ0n) is 12.8. The molecule has 0 saturated carbocycles. The summed E-state index contributed by atoms with van der Waals surface area (Å²) in [7, 11) is 0. The van der Waals surface area contributed by atoms with E-state index >= 15 is 0 Å². The first kappa shape index (κ1) is 19.8. The van der Waals surface area contributed by atoms with Crippen LogP contribution in [0.15, 0.2) is 42.5 Å². The monoisotopic (exact) mass is 400 g/mol. The number of amides is 1. The van der Waals surface area contributed by atoms with E-state index < -0.39 is 29.3 Å². The van der Waals surface area contributed by atoms with Crippen molar-refractivity contribution in [3.8, 4) is 6.07 Å².